The number of aromatic nitrogens is 2. The Morgan fingerprint density at radius 2 is 2.19 bits per heavy atom. The lowest BCUT2D eigenvalue weighted by molar-refractivity contribution is -0.113. The zero-order valence-corrected chi connectivity index (χ0v) is 19.1. The molecule has 31 heavy (non-hydrogen) atoms. The molecule has 0 fully saturated rings. The van der Waals surface area contributed by atoms with Crippen molar-refractivity contribution in [3.05, 3.63) is 70.2 Å². The average molecular weight is 470 g/mol. The zero-order valence-electron chi connectivity index (χ0n) is 16.7. The van der Waals surface area contributed by atoms with Gasteiger partial charge in [-0.3, -0.25) is 14.2 Å². The van der Waals surface area contributed by atoms with Crippen molar-refractivity contribution in [2.45, 2.75) is 11.7 Å². The number of thioether (sulfide) groups is 1. The maximum Gasteiger partial charge on any atom is 0.263 e. The minimum atomic E-state index is -0.191. The maximum absolute atomic E-state index is 13.3. The fourth-order valence-electron chi connectivity index (χ4n) is 3.05. The van der Waals surface area contributed by atoms with Crippen molar-refractivity contribution < 1.29 is 9.53 Å². The molecule has 0 bridgehead atoms. The van der Waals surface area contributed by atoms with Gasteiger partial charge in [0.1, 0.15) is 10.6 Å². The van der Waals surface area contributed by atoms with Gasteiger partial charge in [0.15, 0.2) is 5.16 Å². The highest BCUT2D eigenvalue weighted by atomic mass is 32.2. The van der Waals surface area contributed by atoms with Crippen LogP contribution in [0.1, 0.15) is 0 Å². The Kier molecular flexibility index (Phi) is 6.55. The molecule has 0 aliphatic heterocycles. The van der Waals surface area contributed by atoms with Crippen molar-refractivity contribution in [2.75, 3.05) is 18.2 Å². The lowest BCUT2D eigenvalue weighted by atomic mass is 10.2. The van der Waals surface area contributed by atoms with E-state index in [4.69, 9.17) is 9.72 Å². The summed E-state index contributed by atoms with van der Waals surface area (Å²) in [6.45, 7) is 4.08. The zero-order chi connectivity index (χ0) is 21.8. The van der Waals surface area contributed by atoms with Gasteiger partial charge in [-0.05, 0) is 23.6 Å². The molecule has 1 aromatic carbocycles. The average Bonchev–Trinajstić information content (AvgIpc) is 3.44. The number of allylic oxidation sites excluding steroid dienone is 1. The SMILES string of the molecule is C=CCn1c(SCC(=O)Nc2cccc(OC)c2)nc2scc(-c3cccs3)c2c1=O. The second kappa shape index (κ2) is 9.51. The van der Waals surface area contributed by atoms with Crippen LogP contribution in [0.3, 0.4) is 0 Å². The van der Waals surface area contributed by atoms with Crippen molar-refractivity contribution in [2.24, 2.45) is 0 Å². The van der Waals surface area contributed by atoms with Gasteiger partial charge in [0.25, 0.3) is 5.56 Å². The van der Waals surface area contributed by atoms with Gasteiger partial charge >= 0.3 is 0 Å². The summed E-state index contributed by atoms with van der Waals surface area (Å²) >= 11 is 4.26. The fourth-order valence-corrected chi connectivity index (χ4v) is 5.66. The molecule has 158 valence electrons. The summed E-state index contributed by atoms with van der Waals surface area (Å²) in [5.41, 5.74) is 1.43. The number of amides is 1. The first-order chi connectivity index (χ1) is 15.1. The molecule has 3 aromatic heterocycles. The Balaban J connectivity index is 1.59. The van der Waals surface area contributed by atoms with E-state index >= 15 is 0 Å². The number of fused-ring (bicyclic) bond motifs is 1. The van der Waals surface area contributed by atoms with Gasteiger partial charge in [-0.1, -0.05) is 30.0 Å². The standard InChI is InChI=1S/C22H19N3O3S3/c1-3-9-25-21(27)19-16(17-8-5-10-29-17)12-30-20(19)24-22(25)31-13-18(26)23-14-6-4-7-15(11-14)28-2/h3-8,10-12H,1,9,13H2,2H3,(H,23,26). The highest BCUT2D eigenvalue weighted by Crippen LogP contribution is 2.34. The van der Waals surface area contributed by atoms with E-state index in [0.29, 0.717) is 33.4 Å². The number of carbonyl (C=O) groups is 1. The van der Waals surface area contributed by atoms with Crippen LogP contribution in [0.15, 0.2) is 69.8 Å². The van der Waals surface area contributed by atoms with Crippen LogP contribution in [0, 0.1) is 0 Å². The summed E-state index contributed by atoms with van der Waals surface area (Å²) in [5, 5.41) is 7.90. The molecule has 0 aliphatic rings. The summed E-state index contributed by atoms with van der Waals surface area (Å²) in [4.78, 5) is 32.1. The van der Waals surface area contributed by atoms with Crippen molar-refractivity contribution in [1.82, 2.24) is 9.55 Å². The Morgan fingerprint density at radius 1 is 1.32 bits per heavy atom. The van der Waals surface area contributed by atoms with Crippen LogP contribution in [0.5, 0.6) is 5.75 Å². The number of benzene rings is 1. The molecule has 4 rings (SSSR count). The van der Waals surface area contributed by atoms with Gasteiger partial charge in [-0.25, -0.2) is 4.98 Å². The molecule has 4 aromatic rings. The van der Waals surface area contributed by atoms with Crippen LogP contribution < -0.4 is 15.6 Å². The van der Waals surface area contributed by atoms with E-state index in [9.17, 15) is 9.59 Å². The predicted molar refractivity (Wildman–Crippen MR) is 130 cm³/mol. The van der Waals surface area contributed by atoms with E-state index in [0.717, 1.165) is 10.4 Å². The van der Waals surface area contributed by atoms with Crippen LogP contribution in [-0.4, -0.2) is 28.3 Å². The normalized spacial score (nSPS) is 10.9. The van der Waals surface area contributed by atoms with Gasteiger partial charge in [0.05, 0.1) is 18.2 Å². The lowest BCUT2D eigenvalue weighted by Crippen LogP contribution is -2.23. The molecule has 1 amide bonds. The van der Waals surface area contributed by atoms with E-state index in [1.165, 1.54) is 23.1 Å². The molecular formula is C22H19N3O3S3. The fraction of sp³-hybridized carbons (Fsp3) is 0.136. The number of carbonyl (C=O) groups excluding carboxylic acids is 1. The summed E-state index contributed by atoms with van der Waals surface area (Å²) < 4.78 is 6.75. The van der Waals surface area contributed by atoms with Crippen LogP contribution in [-0.2, 0) is 11.3 Å². The van der Waals surface area contributed by atoms with Gasteiger partial charge in [0, 0.05) is 34.1 Å². The summed E-state index contributed by atoms with van der Waals surface area (Å²) in [7, 11) is 1.58. The minimum Gasteiger partial charge on any atom is -0.497 e. The molecule has 0 spiro atoms. The number of thiophene rings is 2. The van der Waals surface area contributed by atoms with Gasteiger partial charge in [0.2, 0.25) is 5.91 Å². The molecule has 0 aliphatic carbocycles. The summed E-state index contributed by atoms with van der Waals surface area (Å²) in [5.74, 6) is 0.593. The van der Waals surface area contributed by atoms with Crippen molar-refractivity contribution >= 4 is 56.2 Å². The molecular weight excluding hydrogens is 450 g/mol. The van der Waals surface area contributed by atoms with Crippen LogP contribution in [0.4, 0.5) is 5.69 Å². The minimum absolute atomic E-state index is 0.120. The Labute approximate surface area is 191 Å². The number of nitrogens with one attached hydrogen (secondary N) is 1. The third-order valence-electron chi connectivity index (χ3n) is 4.44. The topological polar surface area (TPSA) is 73.2 Å². The Hall–Kier alpha value is -2.88. The first-order valence-corrected chi connectivity index (χ1v) is 12.1. The molecule has 0 saturated heterocycles. The van der Waals surface area contributed by atoms with E-state index in [1.807, 2.05) is 29.0 Å². The highest BCUT2D eigenvalue weighted by Gasteiger charge is 2.18. The van der Waals surface area contributed by atoms with E-state index < -0.39 is 0 Å². The maximum atomic E-state index is 13.3. The van der Waals surface area contributed by atoms with Gasteiger partial charge < -0.3 is 10.1 Å². The van der Waals surface area contributed by atoms with Crippen molar-refractivity contribution in [1.29, 1.82) is 0 Å². The second-order valence-electron chi connectivity index (χ2n) is 6.47. The molecule has 0 radical (unpaired) electrons. The highest BCUT2D eigenvalue weighted by molar-refractivity contribution is 7.99. The molecule has 6 nitrogen and oxygen atoms in total. The number of hydrogen-bond donors (Lipinski definition) is 1. The van der Waals surface area contributed by atoms with Crippen LogP contribution in [0.2, 0.25) is 0 Å². The number of anilines is 1. The molecule has 0 unspecified atom stereocenters. The number of hydrogen-bond acceptors (Lipinski definition) is 7. The molecule has 0 saturated carbocycles. The first kappa shape index (κ1) is 21.4. The first-order valence-electron chi connectivity index (χ1n) is 9.34. The Bertz CT molecular complexity index is 1290. The van der Waals surface area contributed by atoms with Gasteiger partial charge in [-0.2, -0.15) is 0 Å². The molecule has 0 atom stereocenters. The number of nitrogens with zero attached hydrogens (tertiary/aromatic N) is 2. The van der Waals surface area contributed by atoms with Crippen LogP contribution in [0.25, 0.3) is 20.7 Å². The second-order valence-corrected chi connectivity index (χ2v) is 9.22. The van der Waals surface area contributed by atoms with Crippen molar-refractivity contribution in [3.63, 3.8) is 0 Å². The number of methoxy groups -OCH3 is 1. The number of ether oxygens (including phenoxy) is 1. The largest absolute Gasteiger partial charge is 0.497 e. The summed E-state index contributed by atoms with van der Waals surface area (Å²) in [6.07, 6.45) is 1.66. The number of rotatable bonds is 8. The predicted octanol–water partition coefficient (Wildman–Crippen LogP) is 5.11. The van der Waals surface area contributed by atoms with Crippen LogP contribution >= 0.6 is 34.4 Å². The van der Waals surface area contributed by atoms with E-state index in [2.05, 4.69) is 11.9 Å². The quantitative estimate of drug-likeness (QED) is 0.220. The molecule has 3 heterocycles. The monoisotopic (exact) mass is 469 g/mol. The smallest absolute Gasteiger partial charge is 0.263 e. The Morgan fingerprint density at radius 3 is 2.94 bits per heavy atom. The van der Waals surface area contributed by atoms with Gasteiger partial charge in [-0.15, -0.1) is 29.3 Å². The summed E-state index contributed by atoms with van der Waals surface area (Å²) in [6, 6.07) is 11.1. The molecule has 1 N–H and O–H groups in total. The third-order valence-corrected chi connectivity index (χ3v) is 7.19. The van der Waals surface area contributed by atoms with E-state index in [1.54, 1.807) is 47.3 Å². The lowest BCUT2D eigenvalue weighted by Gasteiger charge is -2.11. The molecule has 9 heteroatoms. The van der Waals surface area contributed by atoms with Crippen molar-refractivity contribution in [3.8, 4) is 16.2 Å². The van der Waals surface area contributed by atoms with E-state index in [-0.39, 0.29) is 17.2 Å². The third kappa shape index (κ3) is 4.58.